The first-order valence-corrected chi connectivity index (χ1v) is 7.71. The number of methoxy groups -OCH3 is 1. The number of nitrogens with two attached hydrogens (primary N) is 1. The molecule has 2 N–H and O–H groups in total. The number of hydrogen-bond acceptors (Lipinski definition) is 4. The molecule has 0 spiro atoms. The second kappa shape index (κ2) is 9.15. The van der Waals surface area contributed by atoms with Crippen molar-refractivity contribution in [2.24, 2.45) is 5.73 Å². The van der Waals surface area contributed by atoms with E-state index in [0.717, 1.165) is 13.1 Å². The SMILES string of the molecule is CCN(C(C)CN(C)C)C(CN)c1ccc(COC)cc1. The second-order valence-electron chi connectivity index (χ2n) is 5.87. The minimum absolute atomic E-state index is 0.265. The molecule has 0 saturated carbocycles. The molecule has 0 aliphatic carbocycles. The van der Waals surface area contributed by atoms with E-state index in [1.165, 1.54) is 11.1 Å². The summed E-state index contributed by atoms with van der Waals surface area (Å²) in [7, 11) is 5.95. The highest BCUT2D eigenvalue weighted by atomic mass is 16.5. The monoisotopic (exact) mass is 293 g/mol. The van der Waals surface area contributed by atoms with E-state index in [1.54, 1.807) is 7.11 Å². The fourth-order valence-electron chi connectivity index (χ4n) is 2.94. The summed E-state index contributed by atoms with van der Waals surface area (Å²) in [4.78, 5) is 4.70. The van der Waals surface area contributed by atoms with Crippen molar-refractivity contribution >= 4 is 0 Å². The van der Waals surface area contributed by atoms with Gasteiger partial charge in [0.05, 0.1) is 6.61 Å². The molecule has 0 bridgehead atoms. The normalized spacial score (nSPS) is 14.7. The van der Waals surface area contributed by atoms with Crippen LogP contribution in [0, 0.1) is 0 Å². The fourth-order valence-corrected chi connectivity index (χ4v) is 2.94. The van der Waals surface area contributed by atoms with Gasteiger partial charge in [-0.1, -0.05) is 31.2 Å². The molecule has 120 valence electrons. The van der Waals surface area contributed by atoms with E-state index >= 15 is 0 Å². The molecule has 0 radical (unpaired) electrons. The molecule has 2 atom stereocenters. The van der Waals surface area contributed by atoms with Crippen LogP contribution in [0.4, 0.5) is 0 Å². The van der Waals surface area contributed by atoms with Gasteiger partial charge in [0.25, 0.3) is 0 Å². The van der Waals surface area contributed by atoms with Gasteiger partial charge in [-0.05, 0) is 38.7 Å². The maximum absolute atomic E-state index is 6.07. The predicted octanol–water partition coefficient (Wildman–Crippen LogP) is 2.10. The summed E-state index contributed by atoms with van der Waals surface area (Å²) in [5.74, 6) is 0. The van der Waals surface area contributed by atoms with Crippen LogP contribution in [0.5, 0.6) is 0 Å². The van der Waals surface area contributed by atoms with Crippen LogP contribution in [0.1, 0.15) is 31.0 Å². The molecule has 0 heterocycles. The lowest BCUT2D eigenvalue weighted by Gasteiger charge is -2.36. The first-order chi connectivity index (χ1) is 10.0. The van der Waals surface area contributed by atoms with Gasteiger partial charge in [0.15, 0.2) is 0 Å². The van der Waals surface area contributed by atoms with Crippen molar-refractivity contribution in [3.05, 3.63) is 35.4 Å². The molecule has 21 heavy (non-hydrogen) atoms. The van der Waals surface area contributed by atoms with E-state index in [4.69, 9.17) is 10.5 Å². The third-order valence-electron chi connectivity index (χ3n) is 3.86. The number of ether oxygens (including phenoxy) is 1. The van der Waals surface area contributed by atoms with Gasteiger partial charge >= 0.3 is 0 Å². The summed E-state index contributed by atoms with van der Waals surface area (Å²) in [6, 6.07) is 9.35. The Morgan fingerprint density at radius 1 is 1.19 bits per heavy atom. The molecule has 4 nitrogen and oxygen atoms in total. The van der Waals surface area contributed by atoms with Gasteiger partial charge in [0.1, 0.15) is 0 Å². The van der Waals surface area contributed by atoms with Gasteiger partial charge in [-0.25, -0.2) is 0 Å². The van der Waals surface area contributed by atoms with Crippen LogP contribution in [0.3, 0.4) is 0 Å². The van der Waals surface area contributed by atoms with Gasteiger partial charge in [0.2, 0.25) is 0 Å². The maximum atomic E-state index is 6.07. The Balaban J connectivity index is 2.87. The smallest absolute Gasteiger partial charge is 0.0713 e. The highest BCUT2D eigenvalue weighted by Gasteiger charge is 2.22. The van der Waals surface area contributed by atoms with Crippen molar-refractivity contribution in [1.82, 2.24) is 9.80 Å². The van der Waals surface area contributed by atoms with Crippen LogP contribution >= 0.6 is 0 Å². The van der Waals surface area contributed by atoms with Crippen molar-refractivity contribution in [3.8, 4) is 0 Å². The standard InChI is InChI=1S/C17H31N3O/c1-6-20(14(2)12-19(3)4)17(11-18)16-9-7-15(8-10-16)13-21-5/h7-10,14,17H,6,11-13,18H2,1-5H3. The van der Waals surface area contributed by atoms with Crippen molar-refractivity contribution in [2.45, 2.75) is 32.5 Å². The molecule has 0 amide bonds. The van der Waals surface area contributed by atoms with Crippen LogP contribution in [0.25, 0.3) is 0 Å². The zero-order chi connectivity index (χ0) is 15.8. The Morgan fingerprint density at radius 3 is 2.24 bits per heavy atom. The van der Waals surface area contributed by atoms with Crippen molar-refractivity contribution in [1.29, 1.82) is 0 Å². The molecule has 1 rings (SSSR count). The van der Waals surface area contributed by atoms with E-state index in [9.17, 15) is 0 Å². The van der Waals surface area contributed by atoms with Gasteiger partial charge < -0.3 is 15.4 Å². The Kier molecular flexibility index (Phi) is 7.89. The molecule has 0 saturated heterocycles. The molecule has 4 heteroatoms. The molecule has 0 aliphatic rings. The number of nitrogens with zero attached hydrogens (tertiary/aromatic N) is 2. The van der Waals surface area contributed by atoms with E-state index in [1.807, 2.05) is 0 Å². The first kappa shape index (κ1) is 18.1. The van der Waals surface area contributed by atoms with E-state index in [0.29, 0.717) is 19.2 Å². The molecule has 0 aromatic heterocycles. The van der Waals surface area contributed by atoms with Crippen LogP contribution in [-0.4, -0.2) is 56.7 Å². The van der Waals surface area contributed by atoms with Crippen LogP contribution < -0.4 is 5.73 Å². The maximum Gasteiger partial charge on any atom is 0.0713 e. The second-order valence-corrected chi connectivity index (χ2v) is 5.87. The highest BCUT2D eigenvalue weighted by molar-refractivity contribution is 5.25. The summed E-state index contributed by atoms with van der Waals surface area (Å²) < 4.78 is 5.16. The fraction of sp³-hybridized carbons (Fsp3) is 0.647. The molecular weight excluding hydrogens is 262 g/mol. The molecule has 1 aromatic carbocycles. The number of rotatable bonds is 9. The average Bonchev–Trinajstić information content (AvgIpc) is 2.45. The minimum Gasteiger partial charge on any atom is -0.380 e. The lowest BCUT2D eigenvalue weighted by Crippen LogP contribution is -2.44. The predicted molar refractivity (Wildman–Crippen MR) is 89.3 cm³/mol. The van der Waals surface area contributed by atoms with Crippen molar-refractivity contribution in [2.75, 3.05) is 40.8 Å². The Bertz CT molecular complexity index is 392. The van der Waals surface area contributed by atoms with Crippen molar-refractivity contribution in [3.63, 3.8) is 0 Å². The third kappa shape index (κ3) is 5.40. The average molecular weight is 293 g/mol. The minimum atomic E-state index is 0.265. The summed E-state index contributed by atoms with van der Waals surface area (Å²) in [5.41, 5.74) is 8.54. The molecule has 1 aromatic rings. The summed E-state index contributed by atoms with van der Waals surface area (Å²) >= 11 is 0. The number of likely N-dealkylation sites (N-methyl/N-ethyl adjacent to an activating group) is 2. The van der Waals surface area contributed by atoms with Gasteiger partial charge in [-0.2, -0.15) is 0 Å². The lowest BCUT2D eigenvalue weighted by atomic mass is 10.0. The lowest BCUT2D eigenvalue weighted by molar-refractivity contribution is 0.131. The molecular formula is C17H31N3O. The van der Waals surface area contributed by atoms with Crippen LogP contribution in [0.2, 0.25) is 0 Å². The zero-order valence-electron chi connectivity index (χ0n) is 14.2. The molecule has 0 aliphatic heterocycles. The first-order valence-electron chi connectivity index (χ1n) is 7.71. The van der Waals surface area contributed by atoms with Crippen molar-refractivity contribution < 1.29 is 4.74 Å². The number of benzene rings is 1. The molecule has 0 fully saturated rings. The largest absolute Gasteiger partial charge is 0.380 e. The van der Waals surface area contributed by atoms with Crippen LogP contribution in [-0.2, 0) is 11.3 Å². The molecule has 2 unspecified atom stereocenters. The summed E-state index contributed by atoms with van der Waals surface area (Å²) in [6.07, 6.45) is 0. The third-order valence-corrected chi connectivity index (χ3v) is 3.86. The van der Waals surface area contributed by atoms with E-state index in [-0.39, 0.29) is 6.04 Å². The summed E-state index contributed by atoms with van der Waals surface area (Å²) in [5, 5.41) is 0. The van der Waals surface area contributed by atoms with Gasteiger partial charge in [0, 0.05) is 32.3 Å². The van der Waals surface area contributed by atoms with E-state index in [2.05, 4.69) is 62.0 Å². The van der Waals surface area contributed by atoms with Gasteiger partial charge in [-0.3, -0.25) is 4.90 Å². The Morgan fingerprint density at radius 2 is 1.81 bits per heavy atom. The Hall–Kier alpha value is -0.940. The Labute approximate surface area is 129 Å². The highest BCUT2D eigenvalue weighted by Crippen LogP contribution is 2.22. The summed E-state index contributed by atoms with van der Waals surface area (Å²) in [6.45, 7) is 7.79. The quantitative estimate of drug-likeness (QED) is 0.757. The number of hydrogen-bond donors (Lipinski definition) is 1. The topological polar surface area (TPSA) is 41.7 Å². The van der Waals surface area contributed by atoms with Gasteiger partial charge in [-0.15, -0.1) is 0 Å². The van der Waals surface area contributed by atoms with E-state index < -0.39 is 0 Å². The zero-order valence-corrected chi connectivity index (χ0v) is 14.2. The van der Waals surface area contributed by atoms with Crippen LogP contribution in [0.15, 0.2) is 24.3 Å².